The fraction of sp³-hybridized carbons (Fsp3) is 0.706. The Morgan fingerprint density at radius 1 is 1.27 bits per heavy atom. The Labute approximate surface area is 132 Å². The van der Waals surface area contributed by atoms with Gasteiger partial charge in [-0.3, -0.25) is 4.79 Å². The van der Waals surface area contributed by atoms with Crippen molar-refractivity contribution < 1.29 is 4.79 Å². The average Bonchev–Trinajstić information content (AvgIpc) is 3.22. The van der Waals surface area contributed by atoms with E-state index in [2.05, 4.69) is 21.8 Å². The topological polar surface area (TPSA) is 49.3 Å². The highest BCUT2D eigenvalue weighted by Crippen LogP contribution is 2.39. The lowest BCUT2D eigenvalue weighted by atomic mass is 10.0. The molecule has 22 heavy (non-hydrogen) atoms. The van der Waals surface area contributed by atoms with Gasteiger partial charge >= 0.3 is 0 Å². The fourth-order valence-corrected chi connectivity index (χ4v) is 3.45. The number of rotatable bonds is 3. The molecule has 2 aliphatic rings. The number of piperidine rings is 1. The Morgan fingerprint density at radius 2 is 1.91 bits per heavy atom. The van der Waals surface area contributed by atoms with Gasteiger partial charge in [-0.2, -0.15) is 0 Å². The van der Waals surface area contributed by atoms with E-state index >= 15 is 0 Å². The van der Waals surface area contributed by atoms with Gasteiger partial charge in [-0.15, -0.1) is 0 Å². The van der Waals surface area contributed by atoms with Crippen LogP contribution in [0.25, 0.3) is 0 Å². The Kier molecular flexibility index (Phi) is 4.06. The van der Waals surface area contributed by atoms with Crippen molar-refractivity contribution in [3.05, 3.63) is 17.6 Å². The molecule has 0 bridgehead atoms. The number of amides is 1. The Hall–Kier alpha value is -1.65. The van der Waals surface area contributed by atoms with Crippen molar-refractivity contribution >= 4 is 11.7 Å². The molecule has 2 atom stereocenters. The van der Waals surface area contributed by atoms with Crippen LogP contribution in [-0.4, -0.2) is 47.0 Å². The largest absolute Gasteiger partial charge is 0.356 e. The molecule has 1 amide bonds. The summed E-state index contributed by atoms with van der Waals surface area (Å²) < 4.78 is 0. The second-order valence-corrected chi connectivity index (χ2v) is 6.90. The number of aromatic nitrogens is 2. The SMILES string of the molecule is Cc1cc(N2CCC(N(C)C(=O)[C@H]3C[C@@H]3C)CC2)nc(C)n1. The monoisotopic (exact) mass is 302 g/mol. The quantitative estimate of drug-likeness (QED) is 0.858. The molecular weight excluding hydrogens is 276 g/mol. The van der Waals surface area contributed by atoms with Crippen molar-refractivity contribution in [1.29, 1.82) is 0 Å². The number of hydrogen-bond acceptors (Lipinski definition) is 4. The normalized spacial score (nSPS) is 25.2. The summed E-state index contributed by atoms with van der Waals surface area (Å²) in [5.74, 6) is 3.07. The summed E-state index contributed by atoms with van der Waals surface area (Å²) in [6.45, 7) is 8.02. The summed E-state index contributed by atoms with van der Waals surface area (Å²) in [5, 5.41) is 0. The van der Waals surface area contributed by atoms with Crippen LogP contribution in [0.15, 0.2) is 6.07 Å². The standard InChI is InChI=1S/C17H26N4O/c1-11-9-15(11)17(22)20(4)14-5-7-21(8-6-14)16-10-12(2)18-13(3)19-16/h10-11,14-15H,5-9H2,1-4H3/t11-,15-/m0/s1. The maximum Gasteiger partial charge on any atom is 0.225 e. The van der Waals surface area contributed by atoms with Gasteiger partial charge in [0.1, 0.15) is 11.6 Å². The van der Waals surface area contributed by atoms with Gasteiger partial charge in [-0.05, 0) is 39.0 Å². The smallest absolute Gasteiger partial charge is 0.225 e. The molecule has 0 spiro atoms. The third kappa shape index (κ3) is 3.08. The minimum Gasteiger partial charge on any atom is -0.356 e. The molecule has 1 aromatic heterocycles. The van der Waals surface area contributed by atoms with Crippen LogP contribution in [0.1, 0.15) is 37.7 Å². The molecule has 1 saturated heterocycles. The van der Waals surface area contributed by atoms with Gasteiger partial charge < -0.3 is 9.80 Å². The highest BCUT2D eigenvalue weighted by atomic mass is 16.2. The number of hydrogen-bond donors (Lipinski definition) is 0. The zero-order chi connectivity index (χ0) is 15.9. The van der Waals surface area contributed by atoms with Gasteiger partial charge in [-0.1, -0.05) is 6.92 Å². The van der Waals surface area contributed by atoms with Gasteiger partial charge in [0.2, 0.25) is 5.91 Å². The first kappa shape index (κ1) is 15.3. The molecule has 1 aromatic rings. The zero-order valence-electron chi connectivity index (χ0n) is 14.0. The number of carbonyl (C=O) groups excluding carboxylic acids is 1. The summed E-state index contributed by atoms with van der Waals surface area (Å²) in [4.78, 5) is 25.5. The maximum atomic E-state index is 12.3. The van der Waals surface area contributed by atoms with Crippen molar-refractivity contribution in [1.82, 2.24) is 14.9 Å². The first-order chi connectivity index (χ1) is 10.5. The maximum absolute atomic E-state index is 12.3. The van der Waals surface area contributed by atoms with Gasteiger partial charge in [0, 0.05) is 43.9 Å². The van der Waals surface area contributed by atoms with Crippen LogP contribution < -0.4 is 4.90 Å². The number of aryl methyl sites for hydroxylation is 2. The molecule has 1 aliphatic heterocycles. The van der Waals surface area contributed by atoms with Crippen LogP contribution in [0.4, 0.5) is 5.82 Å². The summed E-state index contributed by atoms with van der Waals surface area (Å²) in [7, 11) is 1.98. The first-order valence-electron chi connectivity index (χ1n) is 8.29. The molecule has 2 fully saturated rings. The van der Waals surface area contributed by atoms with Crippen LogP contribution in [0.5, 0.6) is 0 Å². The van der Waals surface area contributed by atoms with Crippen molar-refractivity contribution in [3.63, 3.8) is 0 Å². The molecule has 1 aliphatic carbocycles. The van der Waals surface area contributed by atoms with Gasteiger partial charge in [0.25, 0.3) is 0 Å². The highest BCUT2D eigenvalue weighted by molar-refractivity contribution is 5.81. The number of nitrogens with zero attached hydrogens (tertiary/aromatic N) is 4. The van der Waals surface area contributed by atoms with Gasteiger partial charge in [0.05, 0.1) is 0 Å². The van der Waals surface area contributed by atoms with Crippen molar-refractivity contribution in [2.45, 2.75) is 46.1 Å². The molecule has 0 aromatic carbocycles. The molecule has 2 heterocycles. The van der Waals surface area contributed by atoms with Gasteiger partial charge in [-0.25, -0.2) is 9.97 Å². The molecule has 0 radical (unpaired) electrons. The lowest BCUT2D eigenvalue weighted by molar-refractivity contribution is -0.134. The molecule has 3 rings (SSSR count). The summed E-state index contributed by atoms with van der Waals surface area (Å²) >= 11 is 0. The van der Waals surface area contributed by atoms with E-state index in [4.69, 9.17) is 0 Å². The van der Waals surface area contributed by atoms with Crippen LogP contribution >= 0.6 is 0 Å². The Bertz CT molecular complexity index is 546. The average molecular weight is 302 g/mol. The lowest BCUT2D eigenvalue weighted by Gasteiger charge is -2.37. The summed E-state index contributed by atoms with van der Waals surface area (Å²) in [6.07, 6.45) is 3.11. The fourth-order valence-electron chi connectivity index (χ4n) is 3.45. The van der Waals surface area contributed by atoms with E-state index in [0.29, 0.717) is 17.9 Å². The predicted molar refractivity (Wildman–Crippen MR) is 86.8 cm³/mol. The van der Waals surface area contributed by atoms with Crippen molar-refractivity contribution in [3.8, 4) is 0 Å². The van der Waals surface area contributed by atoms with E-state index in [1.165, 1.54) is 0 Å². The van der Waals surface area contributed by atoms with Crippen LogP contribution in [0.2, 0.25) is 0 Å². The van der Waals surface area contributed by atoms with E-state index < -0.39 is 0 Å². The van der Waals surface area contributed by atoms with E-state index in [1.54, 1.807) is 0 Å². The minimum atomic E-state index is 0.287. The second-order valence-electron chi connectivity index (χ2n) is 6.90. The third-order valence-corrected chi connectivity index (χ3v) is 5.06. The molecule has 0 unspecified atom stereocenters. The second kappa shape index (κ2) is 5.86. The first-order valence-corrected chi connectivity index (χ1v) is 8.29. The van der Waals surface area contributed by atoms with Crippen LogP contribution in [0, 0.1) is 25.7 Å². The Balaban J connectivity index is 1.59. The summed E-state index contributed by atoms with van der Waals surface area (Å²) in [6, 6.07) is 2.43. The zero-order valence-corrected chi connectivity index (χ0v) is 14.0. The number of carbonyl (C=O) groups is 1. The minimum absolute atomic E-state index is 0.287. The van der Waals surface area contributed by atoms with E-state index in [1.807, 2.05) is 31.9 Å². The summed E-state index contributed by atoms with van der Waals surface area (Å²) in [5.41, 5.74) is 1.01. The molecular formula is C17H26N4O. The van der Waals surface area contributed by atoms with Gasteiger partial charge in [0.15, 0.2) is 0 Å². The van der Waals surface area contributed by atoms with E-state index in [9.17, 15) is 4.79 Å². The van der Waals surface area contributed by atoms with E-state index in [-0.39, 0.29) is 5.92 Å². The Morgan fingerprint density at radius 3 is 2.45 bits per heavy atom. The van der Waals surface area contributed by atoms with Crippen LogP contribution in [0.3, 0.4) is 0 Å². The predicted octanol–water partition coefficient (Wildman–Crippen LogP) is 2.18. The van der Waals surface area contributed by atoms with Crippen molar-refractivity contribution in [2.24, 2.45) is 11.8 Å². The molecule has 1 saturated carbocycles. The van der Waals surface area contributed by atoms with Crippen LogP contribution in [-0.2, 0) is 4.79 Å². The molecule has 5 nitrogen and oxygen atoms in total. The number of anilines is 1. The van der Waals surface area contributed by atoms with Crippen molar-refractivity contribution in [2.75, 3.05) is 25.0 Å². The molecule has 120 valence electrons. The third-order valence-electron chi connectivity index (χ3n) is 5.06. The lowest BCUT2D eigenvalue weighted by Crippen LogP contribution is -2.46. The highest BCUT2D eigenvalue weighted by Gasteiger charge is 2.42. The van der Waals surface area contributed by atoms with E-state index in [0.717, 1.165) is 49.7 Å². The molecule has 5 heteroatoms. The molecule has 0 N–H and O–H groups in total.